The van der Waals surface area contributed by atoms with Gasteiger partial charge >= 0.3 is 5.97 Å². The van der Waals surface area contributed by atoms with Crippen molar-refractivity contribution < 1.29 is 19.0 Å². The van der Waals surface area contributed by atoms with Crippen LogP contribution < -0.4 is 20.4 Å². The topological polar surface area (TPSA) is 83.8 Å². The average molecular weight is 415 g/mol. The minimum atomic E-state index is -1.31. The number of nitrogens with zero attached hydrogens (tertiary/aromatic N) is 2. The number of likely N-dealkylation sites (N-methyl/N-ethyl adjacent to an activating group) is 1. The lowest BCUT2D eigenvalue weighted by Gasteiger charge is -2.32. The van der Waals surface area contributed by atoms with Crippen molar-refractivity contribution in [2.24, 2.45) is 0 Å². The summed E-state index contributed by atoms with van der Waals surface area (Å²) in [5.41, 5.74) is 1.12. The predicted octanol–water partition coefficient (Wildman–Crippen LogP) is 2.93. The van der Waals surface area contributed by atoms with E-state index >= 15 is 4.39 Å². The molecule has 160 valence electrons. The minimum absolute atomic E-state index is 0.0477. The highest BCUT2D eigenvalue weighted by atomic mass is 19.1. The van der Waals surface area contributed by atoms with Gasteiger partial charge < -0.3 is 24.6 Å². The summed E-state index contributed by atoms with van der Waals surface area (Å²) in [6, 6.07) is 1.27. The average Bonchev–Trinajstić information content (AvgIpc) is 3.57. The lowest BCUT2D eigenvalue weighted by molar-refractivity contribution is 0.0695. The molecule has 1 saturated carbocycles. The Labute approximate surface area is 173 Å². The number of ether oxygens (including phenoxy) is 1. The van der Waals surface area contributed by atoms with Crippen molar-refractivity contribution in [2.45, 2.75) is 31.7 Å². The Morgan fingerprint density at radius 1 is 1.37 bits per heavy atom. The van der Waals surface area contributed by atoms with Crippen molar-refractivity contribution in [3.8, 4) is 5.75 Å². The van der Waals surface area contributed by atoms with E-state index in [4.69, 9.17) is 4.74 Å². The monoisotopic (exact) mass is 415 g/mol. The van der Waals surface area contributed by atoms with Gasteiger partial charge in [0, 0.05) is 31.9 Å². The molecule has 0 atom stereocenters. The van der Waals surface area contributed by atoms with E-state index in [2.05, 4.69) is 11.4 Å². The van der Waals surface area contributed by atoms with Gasteiger partial charge in [-0.05, 0) is 38.8 Å². The SMILES string of the molecule is CNCC=C1CCN(c2c(F)cc3c(=O)c(C(=O)O)cn(C4CC4)c3c2OC)CC1. The summed E-state index contributed by atoms with van der Waals surface area (Å²) in [6.07, 6.45) is 6.98. The number of nitrogens with one attached hydrogen (secondary N) is 1. The number of benzene rings is 1. The lowest BCUT2D eigenvalue weighted by atomic mass is 10.0. The maximum atomic E-state index is 15.3. The van der Waals surface area contributed by atoms with Crippen LogP contribution in [-0.4, -0.2) is 49.4 Å². The second kappa shape index (κ2) is 8.10. The summed E-state index contributed by atoms with van der Waals surface area (Å²) in [5, 5.41) is 12.6. The van der Waals surface area contributed by atoms with Crippen molar-refractivity contribution in [2.75, 3.05) is 38.7 Å². The molecule has 2 N–H and O–H groups in total. The number of carboxylic acid groups (broad SMARTS) is 1. The Morgan fingerprint density at radius 2 is 2.07 bits per heavy atom. The number of methoxy groups -OCH3 is 1. The van der Waals surface area contributed by atoms with Gasteiger partial charge in [-0.3, -0.25) is 4.79 Å². The Kier molecular flexibility index (Phi) is 5.51. The summed E-state index contributed by atoms with van der Waals surface area (Å²) in [5.74, 6) is -1.57. The molecule has 30 heavy (non-hydrogen) atoms. The fraction of sp³-hybridized carbons (Fsp3) is 0.455. The molecule has 0 bridgehead atoms. The Hall–Kier alpha value is -2.87. The zero-order chi connectivity index (χ0) is 21.4. The van der Waals surface area contributed by atoms with E-state index in [0.717, 1.165) is 32.2 Å². The van der Waals surface area contributed by atoms with Crippen LogP contribution in [0.15, 0.2) is 28.7 Å². The number of aromatic nitrogens is 1. The van der Waals surface area contributed by atoms with E-state index in [1.807, 2.05) is 11.9 Å². The summed E-state index contributed by atoms with van der Waals surface area (Å²) in [6.45, 7) is 2.10. The summed E-state index contributed by atoms with van der Waals surface area (Å²) >= 11 is 0. The maximum absolute atomic E-state index is 15.3. The molecule has 8 heteroatoms. The maximum Gasteiger partial charge on any atom is 0.341 e. The smallest absolute Gasteiger partial charge is 0.341 e. The normalized spacial score (nSPS) is 16.8. The first kappa shape index (κ1) is 20.4. The summed E-state index contributed by atoms with van der Waals surface area (Å²) in [7, 11) is 3.36. The molecular weight excluding hydrogens is 389 g/mol. The van der Waals surface area contributed by atoms with Crippen LogP contribution in [0.25, 0.3) is 10.9 Å². The van der Waals surface area contributed by atoms with Crippen molar-refractivity contribution in [3.63, 3.8) is 0 Å². The number of pyridine rings is 1. The lowest BCUT2D eigenvalue weighted by Crippen LogP contribution is -2.32. The molecule has 1 saturated heterocycles. The Morgan fingerprint density at radius 3 is 2.63 bits per heavy atom. The number of rotatable bonds is 6. The van der Waals surface area contributed by atoms with Gasteiger partial charge in [-0.25, -0.2) is 9.18 Å². The molecule has 1 aliphatic heterocycles. The summed E-state index contributed by atoms with van der Waals surface area (Å²) < 4.78 is 22.7. The van der Waals surface area contributed by atoms with E-state index in [1.165, 1.54) is 24.9 Å². The fourth-order valence-electron chi connectivity index (χ4n) is 4.19. The first-order valence-electron chi connectivity index (χ1n) is 10.2. The first-order valence-corrected chi connectivity index (χ1v) is 10.2. The van der Waals surface area contributed by atoms with Gasteiger partial charge in [-0.1, -0.05) is 11.6 Å². The summed E-state index contributed by atoms with van der Waals surface area (Å²) in [4.78, 5) is 26.3. The molecule has 0 unspecified atom stereocenters. The van der Waals surface area contributed by atoms with Gasteiger partial charge in [0.25, 0.3) is 0 Å². The Balaban J connectivity index is 1.85. The number of halogens is 1. The number of hydrogen-bond acceptors (Lipinski definition) is 5. The van der Waals surface area contributed by atoms with Crippen LogP contribution in [0, 0.1) is 5.82 Å². The predicted molar refractivity (Wildman–Crippen MR) is 113 cm³/mol. The minimum Gasteiger partial charge on any atom is -0.492 e. The standard InChI is InChI=1S/C22H26FN3O4/c1-24-8-5-13-6-9-25(10-7-13)19-17(23)11-15-18(21(19)30-2)26(14-3-4-14)12-16(20(15)27)22(28)29/h5,11-12,14,24H,3-4,6-10H2,1-2H3,(H,28,29). The van der Waals surface area contributed by atoms with E-state index in [-0.39, 0.29) is 17.0 Å². The van der Waals surface area contributed by atoms with E-state index in [9.17, 15) is 14.7 Å². The molecule has 1 aliphatic carbocycles. The van der Waals surface area contributed by atoms with Crippen molar-refractivity contribution in [1.82, 2.24) is 9.88 Å². The van der Waals surface area contributed by atoms with Gasteiger partial charge in [-0.2, -0.15) is 0 Å². The van der Waals surface area contributed by atoms with Crippen LogP contribution >= 0.6 is 0 Å². The van der Waals surface area contributed by atoms with Crippen molar-refractivity contribution in [3.05, 3.63) is 45.5 Å². The van der Waals surface area contributed by atoms with Crippen LogP contribution in [0.1, 0.15) is 42.1 Å². The molecule has 1 aromatic carbocycles. The molecule has 4 rings (SSSR count). The number of carbonyl (C=O) groups is 1. The second-order valence-electron chi connectivity index (χ2n) is 7.86. The zero-order valence-corrected chi connectivity index (χ0v) is 17.2. The number of piperidine rings is 1. The number of anilines is 1. The highest BCUT2D eigenvalue weighted by molar-refractivity contribution is 5.97. The van der Waals surface area contributed by atoms with Crippen LogP contribution in [0.5, 0.6) is 5.75 Å². The molecular formula is C22H26FN3O4. The molecule has 0 amide bonds. The van der Waals surface area contributed by atoms with E-state index < -0.39 is 17.2 Å². The molecule has 1 aromatic heterocycles. The number of fused-ring (bicyclic) bond motifs is 1. The molecule has 7 nitrogen and oxygen atoms in total. The van der Waals surface area contributed by atoms with E-state index in [1.54, 1.807) is 4.57 Å². The molecule has 0 spiro atoms. The third kappa shape index (κ3) is 3.56. The van der Waals surface area contributed by atoms with Crippen LogP contribution in [0.2, 0.25) is 0 Å². The van der Waals surface area contributed by atoms with Gasteiger partial charge in [0.05, 0.1) is 18.0 Å². The largest absolute Gasteiger partial charge is 0.492 e. The molecule has 2 aromatic rings. The van der Waals surface area contributed by atoms with Crippen LogP contribution in [-0.2, 0) is 0 Å². The van der Waals surface area contributed by atoms with Crippen molar-refractivity contribution >= 4 is 22.6 Å². The third-order valence-electron chi connectivity index (χ3n) is 5.89. The number of carboxylic acids is 1. The molecule has 2 fully saturated rings. The number of hydrogen-bond donors (Lipinski definition) is 2. The fourth-order valence-corrected chi connectivity index (χ4v) is 4.19. The van der Waals surface area contributed by atoms with Gasteiger partial charge in [0.2, 0.25) is 5.43 Å². The van der Waals surface area contributed by atoms with Crippen LogP contribution in [0.3, 0.4) is 0 Å². The zero-order valence-electron chi connectivity index (χ0n) is 17.2. The van der Waals surface area contributed by atoms with Gasteiger partial charge in [0.15, 0.2) is 11.6 Å². The number of aromatic carboxylic acids is 1. The Bertz CT molecular complexity index is 1080. The van der Waals surface area contributed by atoms with Crippen molar-refractivity contribution in [1.29, 1.82) is 0 Å². The van der Waals surface area contributed by atoms with E-state index in [0.29, 0.717) is 30.0 Å². The first-order chi connectivity index (χ1) is 14.5. The van der Waals surface area contributed by atoms with Gasteiger partial charge in [-0.15, -0.1) is 0 Å². The van der Waals surface area contributed by atoms with Crippen LogP contribution in [0.4, 0.5) is 10.1 Å². The third-order valence-corrected chi connectivity index (χ3v) is 5.89. The highest BCUT2D eigenvalue weighted by Gasteiger charge is 2.31. The molecule has 2 heterocycles. The molecule has 2 aliphatic rings. The highest BCUT2D eigenvalue weighted by Crippen LogP contribution is 2.44. The quantitative estimate of drug-likeness (QED) is 0.706. The molecule has 0 radical (unpaired) electrons. The second-order valence-corrected chi connectivity index (χ2v) is 7.86. The van der Waals surface area contributed by atoms with Gasteiger partial charge in [0.1, 0.15) is 11.3 Å².